The van der Waals surface area contributed by atoms with Gasteiger partial charge in [0, 0.05) is 28.9 Å². The monoisotopic (exact) mass is 504 g/mol. The number of carbonyl (C=O) groups excluding carboxylic acids is 2. The molecule has 0 saturated carbocycles. The van der Waals surface area contributed by atoms with Gasteiger partial charge in [0.15, 0.2) is 0 Å². The first kappa shape index (κ1) is 24.0. The summed E-state index contributed by atoms with van der Waals surface area (Å²) >= 11 is 3.22. The number of fused-ring (bicyclic) bond motifs is 1. The van der Waals surface area contributed by atoms with E-state index < -0.39 is 11.8 Å². The normalized spacial score (nSPS) is 18.9. The minimum Gasteiger partial charge on any atom is -0.507 e. The standard InChI is InChI=1S/C25H26BrFO5/c1-16-6-5-9-20(28)8-4-2-3-7-17-12-21(14-23(29)24(17)25(30)32-16)31-15-18-10-11-19(26)13-22(18)27/h3,7,10-14,16,29H,2,4-6,8-9,15H2,1H3/b7-3+/t16-/m0/s1. The summed E-state index contributed by atoms with van der Waals surface area (Å²) in [4.78, 5) is 24.7. The van der Waals surface area contributed by atoms with Crippen molar-refractivity contribution >= 4 is 33.8 Å². The van der Waals surface area contributed by atoms with Gasteiger partial charge in [0.2, 0.25) is 0 Å². The van der Waals surface area contributed by atoms with Gasteiger partial charge >= 0.3 is 5.97 Å². The van der Waals surface area contributed by atoms with Crippen LogP contribution in [0, 0.1) is 5.82 Å². The summed E-state index contributed by atoms with van der Waals surface area (Å²) in [7, 11) is 0. The van der Waals surface area contributed by atoms with E-state index in [9.17, 15) is 19.1 Å². The average Bonchev–Trinajstić information content (AvgIpc) is 2.72. The van der Waals surface area contributed by atoms with Crippen molar-refractivity contribution in [3.05, 3.63) is 63.4 Å². The molecule has 32 heavy (non-hydrogen) atoms. The number of allylic oxidation sites excluding steroid dienone is 1. The van der Waals surface area contributed by atoms with Crippen LogP contribution < -0.4 is 4.74 Å². The molecule has 0 fully saturated rings. The number of cyclic esters (lactones) is 1. The smallest absolute Gasteiger partial charge is 0.342 e. The SMILES string of the molecule is C[C@H]1CCCC(=O)CCC/C=C/c2cc(OCc3ccc(Br)cc3F)cc(O)c2C(=O)O1. The molecule has 3 rings (SSSR count). The maximum Gasteiger partial charge on any atom is 0.342 e. The molecule has 1 atom stereocenters. The third-order valence-electron chi connectivity index (χ3n) is 5.23. The van der Waals surface area contributed by atoms with Gasteiger partial charge in [-0.15, -0.1) is 0 Å². The Bertz CT molecular complexity index is 1020. The van der Waals surface area contributed by atoms with Crippen LogP contribution in [-0.2, 0) is 16.1 Å². The molecule has 1 heterocycles. The second kappa shape index (κ2) is 11.3. The van der Waals surface area contributed by atoms with E-state index in [4.69, 9.17) is 9.47 Å². The van der Waals surface area contributed by atoms with E-state index in [1.807, 2.05) is 6.08 Å². The molecule has 0 bridgehead atoms. The number of halogens is 2. The van der Waals surface area contributed by atoms with Gasteiger partial charge in [0.25, 0.3) is 0 Å². The number of ether oxygens (including phenoxy) is 2. The van der Waals surface area contributed by atoms with Crippen LogP contribution in [0.2, 0.25) is 0 Å². The molecule has 0 saturated heterocycles. The van der Waals surface area contributed by atoms with Crippen LogP contribution >= 0.6 is 15.9 Å². The number of hydrogen-bond acceptors (Lipinski definition) is 5. The molecule has 5 nitrogen and oxygen atoms in total. The number of aromatic hydroxyl groups is 1. The van der Waals surface area contributed by atoms with E-state index in [0.717, 1.165) is 6.42 Å². The van der Waals surface area contributed by atoms with Crippen LogP contribution in [0.25, 0.3) is 6.08 Å². The lowest BCUT2D eigenvalue weighted by Gasteiger charge is -2.16. The number of rotatable bonds is 3. The third kappa shape index (κ3) is 6.66. The largest absolute Gasteiger partial charge is 0.507 e. The number of phenols is 1. The Balaban J connectivity index is 1.86. The van der Waals surface area contributed by atoms with E-state index in [-0.39, 0.29) is 29.8 Å². The summed E-state index contributed by atoms with van der Waals surface area (Å²) in [5, 5.41) is 10.6. The molecular formula is C25H26BrFO5. The van der Waals surface area contributed by atoms with Crippen molar-refractivity contribution in [1.29, 1.82) is 0 Å². The van der Waals surface area contributed by atoms with Gasteiger partial charge in [0.1, 0.15) is 35.3 Å². The van der Waals surface area contributed by atoms with E-state index in [0.29, 0.717) is 53.5 Å². The molecule has 0 radical (unpaired) electrons. The number of phenolic OH excluding ortho intramolecular Hbond substituents is 1. The molecule has 170 valence electrons. The summed E-state index contributed by atoms with van der Waals surface area (Å²) in [5.41, 5.74) is 0.862. The lowest BCUT2D eigenvalue weighted by Crippen LogP contribution is -2.17. The fraction of sp³-hybridized carbons (Fsp3) is 0.360. The molecule has 0 spiro atoms. The molecule has 0 unspecified atom stereocenters. The predicted molar refractivity (Wildman–Crippen MR) is 123 cm³/mol. The Hall–Kier alpha value is -2.67. The van der Waals surface area contributed by atoms with Crippen LogP contribution in [0.3, 0.4) is 0 Å². The quantitative estimate of drug-likeness (QED) is 0.492. The van der Waals surface area contributed by atoms with Crippen molar-refractivity contribution < 1.29 is 28.6 Å². The molecule has 2 aromatic rings. The molecule has 0 amide bonds. The van der Waals surface area contributed by atoms with Gasteiger partial charge in [-0.25, -0.2) is 9.18 Å². The summed E-state index contributed by atoms with van der Waals surface area (Å²) in [6.45, 7) is 1.73. The molecular weight excluding hydrogens is 479 g/mol. The number of hydrogen-bond donors (Lipinski definition) is 1. The Labute approximate surface area is 195 Å². The number of benzene rings is 2. The van der Waals surface area contributed by atoms with Crippen molar-refractivity contribution in [3.63, 3.8) is 0 Å². The van der Waals surface area contributed by atoms with Crippen LogP contribution in [0.1, 0.15) is 66.9 Å². The molecule has 0 aliphatic carbocycles. The summed E-state index contributed by atoms with van der Waals surface area (Å²) in [6, 6.07) is 7.62. The first-order valence-electron chi connectivity index (χ1n) is 10.7. The van der Waals surface area contributed by atoms with Crippen molar-refractivity contribution in [1.82, 2.24) is 0 Å². The highest BCUT2D eigenvalue weighted by Gasteiger charge is 2.21. The molecule has 1 N–H and O–H groups in total. The van der Waals surface area contributed by atoms with E-state index >= 15 is 0 Å². The predicted octanol–water partition coefficient (Wildman–Crippen LogP) is 6.35. The lowest BCUT2D eigenvalue weighted by molar-refractivity contribution is -0.119. The minimum absolute atomic E-state index is 0.0371. The highest BCUT2D eigenvalue weighted by Crippen LogP contribution is 2.31. The van der Waals surface area contributed by atoms with Gasteiger partial charge in [-0.1, -0.05) is 34.1 Å². The zero-order chi connectivity index (χ0) is 23.1. The summed E-state index contributed by atoms with van der Waals surface area (Å²) < 4.78 is 25.9. The fourth-order valence-electron chi connectivity index (χ4n) is 3.50. The highest BCUT2D eigenvalue weighted by atomic mass is 79.9. The second-order valence-corrected chi connectivity index (χ2v) is 8.79. The Morgan fingerprint density at radius 3 is 2.75 bits per heavy atom. The molecule has 1 aliphatic heterocycles. The minimum atomic E-state index is -0.636. The average molecular weight is 505 g/mol. The third-order valence-corrected chi connectivity index (χ3v) is 5.73. The topological polar surface area (TPSA) is 72.8 Å². The lowest BCUT2D eigenvalue weighted by atomic mass is 10.0. The van der Waals surface area contributed by atoms with Gasteiger partial charge in [-0.3, -0.25) is 4.79 Å². The Kier molecular flexibility index (Phi) is 8.45. The van der Waals surface area contributed by atoms with Gasteiger partial charge in [0.05, 0.1) is 6.10 Å². The van der Waals surface area contributed by atoms with E-state index in [1.165, 1.54) is 12.1 Å². The van der Waals surface area contributed by atoms with E-state index in [1.54, 1.807) is 31.2 Å². The summed E-state index contributed by atoms with van der Waals surface area (Å²) in [5.74, 6) is -0.802. The van der Waals surface area contributed by atoms with Crippen LogP contribution in [0.4, 0.5) is 4.39 Å². The van der Waals surface area contributed by atoms with Crippen molar-refractivity contribution in [2.75, 3.05) is 0 Å². The summed E-state index contributed by atoms with van der Waals surface area (Å²) in [6.07, 6.45) is 6.78. The Morgan fingerprint density at radius 1 is 1.19 bits per heavy atom. The van der Waals surface area contributed by atoms with E-state index in [2.05, 4.69) is 15.9 Å². The number of esters is 1. The van der Waals surface area contributed by atoms with Gasteiger partial charge in [-0.05, 0) is 56.4 Å². The van der Waals surface area contributed by atoms with Crippen LogP contribution in [-0.4, -0.2) is 23.0 Å². The first-order valence-corrected chi connectivity index (χ1v) is 11.5. The number of ketones is 1. The second-order valence-electron chi connectivity index (χ2n) is 7.87. The van der Waals surface area contributed by atoms with Crippen molar-refractivity contribution in [2.45, 2.75) is 58.2 Å². The fourth-order valence-corrected chi connectivity index (χ4v) is 3.83. The van der Waals surface area contributed by atoms with Crippen LogP contribution in [0.15, 0.2) is 40.9 Å². The molecule has 2 aromatic carbocycles. The zero-order valence-electron chi connectivity index (χ0n) is 17.9. The molecule has 0 aromatic heterocycles. The highest BCUT2D eigenvalue weighted by molar-refractivity contribution is 9.10. The maximum atomic E-state index is 14.1. The Morgan fingerprint density at radius 2 is 1.97 bits per heavy atom. The first-order chi connectivity index (χ1) is 15.3. The molecule has 1 aliphatic rings. The molecule has 7 heteroatoms. The van der Waals surface area contributed by atoms with Crippen LogP contribution in [0.5, 0.6) is 11.5 Å². The van der Waals surface area contributed by atoms with Crippen molar-refractivity contribution in [2.24, 2.45) is 0 Å². The number of carbonyl (C=O) groups is 2. The maximum absolute atomic E-state index is 14.1. The van der Waals surface area contributed by atoms with Crippen molar-refractivity contribution in [3.8, 4) is 11.5 Å². The zero-order valence-corrected chi connectivity index (χ0v) is 19.5. The number of Topliss-reactive ketones (excluding diaryl/α,β-unsaturated/α-hetero) is 1. The van der Waals surface area contributed by atoms with Gasteiger partial charge in [-0.2, -0.15) is 0 Å². The van der Waals surface area contributed by atoms with Gasteiger partial charge < -0.3 is 14.6 Å².